The van der Waals surface area contributed by atoms with E-state index in [9.17, 15) is 8.42 Å². The van der Waals surface area contributed by atoms with Gasteiger partial charge in [-0.1, -0.05) is 13.8 Å². The van der Waals surface area contributed by atoms with Crippen LogP contribution in [0.15, 0.2) is 23.2 Å². The number of nitrogens with zero attached hydrogens (tertiary/aromatic N) is 1. The van der Waals surface area contributed by atoms with Gasteiger partial charge in [-0.05, 0) is 25.0 Å². The largest absolute Gasteiger partial charge is 0.380 e. The summed E-state index contributed by atoms with van der Waals surface area (Å²) in [6.07, 6.45) is 1.32. The molecule has 114 valence electrons. The van der Waals surface area contributed by atoms with Crippen LogP contribution in [0.1, 0.15) is 26.5 Å². The lowest BCUT2D eigenvalue weighted by Gasteiger charge is -2.21. The molecule has 0 spiro atoms. The van der Waals surface area contributed by atoms with E-state index in [0.717, 1.165) is 0 Å². The molecule has 1 unspecified atom stereocenters. The monoisotopic (exact) mass is 301 g/mol. The summed E-state index contributed by atoms with van der Waals surface area (Å²) in [5.74, 6) is 0.132. The van der Waals surface area contributed by atoms with Gasteiger partial charge in [-0.2, -0.15) is 0 Å². The highest BCUT2D eigenvalue weighted by Crippen LogP contribution is 2.11. The van der Waals surface area contributed by atoms with E-state index in [1.807, 2.05) is 20.8 Å². The Kier molecular flexibility index (Phi) is 6.54. The molecular formula is C13H23N3O3S. The summed E-state index contributed by atoms with van der Waals surface area (Å²) >= 11 is 0. The summed E-state index contributed by atoms with van der Waals surface area (Å²) in [7, 11) is -3.59. The average molecular weight is 301 g/mol. The quantitative estimate of drug-likeness (QED) is 0.743. The van der Waals surface area contributed by atoms with Crippen LogP contribution < -0.4 is 10.5 Å². The van der Waals surface area contributed by atoms with Crippen molar-refractivity contribution >= 4 is 10.0 Å². The lowest BCUT2D eigenvalue weighted by atomic mass is 10.1. The van der Waals surface area contributed by atoms with Crippen LogP contribution in [0.3, 0.4) is 0 Å². The van der Waals surface area contributed by atoms with Gasteiger partial charge in [0.2, 0.25) is 10.0 Å². The lowest BCUT2D eigenvalue weighted by molar-refractivity contribution is 0.116. The van der Waals surface area contributed by atoms with E-state index in [0.29, 0.717) is 18.9 Å². The van der Waals surface area contributed by atoms with Crippen LogP contribution in [-0.2, 0) is 21.3 Å². The molecule has 0 saturated carbocycles. The summed E-state index contributed by atoms with van der Waals surface area (Å²) in [6.45, 7) is 6.96. The molecule has 7 heteroatoms. The second kappa shape index (κ2) is 7.68. The van der Waals surface area contributed by atoms with Gasteiger partial charge in [-0.15, -0.1) is 0 Å². The molecule has 0 aliphatic carbocycles. The van der Waals surface area contributed by atoms with Crippen molar-refractivity contribution in [3.05, 3.63) is 24.0 Å². The van der Waals surface area contributed by atoms with Crippen molar-refractivity contribution < 1.29 is 13.2 Å². The number of nitrogens with one attached hydrogen (secondary N) is 1. The van der Waals surface area contributed by atoms with Crippen molar-refractivity contribution in [2.75, 3.05) is 13.2 Å². The fraction of sp³-hybridized carbons (Fsp3) is 0.615. The predicted octanol–water partition coefficient (Wildman–Crippen LogP) is 0.880. The van der Waals surface area contributed by atoms with Crippen molar-refractivity contribution in [2.45, 2.75) is 38.3 Å². The maximum Gasteiger partial charge on any atom is 0.242 e. The topological polar surface area (TPSA) is 94.3 Å². The summed E-state index contributed by atoms with van der Waals surface area (Å²) in [4.78, 5) is 4.14. The normalized spacial score (nSPS) is 13.7. The Bertz CT molecular complexity index is 500. The molecule has 0 aliphatic rings. The highest BCUT2D eigenvalue weighted by atomic mass is 32.2. The number of aromatic nitrogens is 1. The van der Waals surface area contributed by atoms with Crippen LogP contribution >= 0.6 is 0 Å². The average Bonchev–Trinajstić information content (AvgIpc) is 2.43. The Morgan fingerprint density at radius 1 is 1.40 bits per heavy atom. The summed E-state index contributed by atoms with van der Waals surface area (Å²) in [6, 6.07) is 2.85. The number of hydrogen-bond donors (Lipinski definition) is 2. The van der Waals surface area contributed by atoms with E-state index in [1.165, 1.54) is 12.3 Å². The Labute approximate surface area is 120 Å². The number of rotatable bonds is 8. The highest BCUT2D eigenvalue weighted by Gasteiger charge is 2.22. The Morgan fingerprint density at radius 3 is 2.55 bits per heavy atom. The van der Waals surface area contributed by atoms with Gasteiger partial charge in [-0.25, -0.2) is 13.1 Å². The summed E-state index contributed by atoms with van der Waals surface area (Å²) in [5, 5.41) is 0. The SMILES string of the molecule is CCOCC(NS(=O)(=O)c1ccc(CN)nc1)C(C)C. The molecule has 0 amide bonds. The number of hydrogen-bond acceptors (Lipinski definition) is 5. The smallest absolute Gasteiger partial charge is 0.242 e. The molecule has 1 atom stereocenters. The zero-order valence-electron chi connectivity index (χ0n) is 12.2. The molecule has 1 heterocycles. The molecule has 0 aliphatic heterocycles. The summed E-state index contributed by atoms with van der Waals surface area (Å²) < 4.78 is 32.5. The van der Waals surface area contributed by atoms with E-state index in [1.54, 1.807) is 6.07 Å². The fourth-order valence-corrected chi connectivity index (χ4v) is 2.88. The molecular weight excluding hydrogens is 278 g/mol. The molecule has 0 radical (unpaired) electrons. The fourth-order valence-electron chi connectivity index (χ4n) is 1.57. The zero-order valence-corrected chi connectivity index (χ0v) is 13.0. The second-order valence-electron chi connectivity index (χ2n) is 4.82. The van der Waals surface area contributed by atoms with Gasteiger partial charge in [0.25, 0.3) is 0 Å². The van der Waals surface area contributed by atoms with Crippen molar-refractivity contribution in [3.8, 4) is 0 Å². The first kappa shape index (κ1) is 17.0. The molecule has 1 aromatic heterocycles. The maximum atomic E-state index is 12.3. The van der Waals surface area contributed by atoms with Gasteiger partial charge in [0.15, 0.2) is 0 Å². The van der Waals surface area contributed by atoms with E-state index >= 15 is 0 Å². The molecule has 3 N–H and O–H groups in total. The lowest BCUT2D eigenvalue weighted by Crippen LogP contribution is -2.41. The number of ether oxygens (including phenoxy) is 1. The van der Waals surface area contributed by atoms with Crippen molar-refractivity contribution in [1.29, 1.82) is 0 Å². The standard InChI is InChI=1S/C13H23N3O3S/c1-4-19-9-13(10(2)3)16-20(17,18)12-6-5-11(7-14)15-8-12/h5-6,8,10,13,16H,4,7,9,14H2,1-3H3. The van der Waals surface area contributed by atoms with Crippen LogP contribution in [0.5, 0.6) is 0 Å². The Morgan fingerprint density at radius 2 is 2.10 bits per heavy atom. The third-order valence-corrected chi connectivity index (χ3v) is 4.40. The van der Waals surface area contributed by atoms with E-state index in [-0.39, 0.29) is 23.4 Å². The van der Waals surface area contributed by atoms with Crippen LogP contribution in [0.4, 0.5) is 0 Å². The molecule has 0 bridgehead atoms. The third kappa shape index (κ3) is 4.82. The maximum absolute atomic E-state index is 12.3. The Hall–Kier alpha value is -1.02. The molecule has 1 aromatic rings. The first-order valence-electron chi connectivity index (χ1n) is 6.65. The van der Waals surface area contributed by atoms with Gasteiger partial charge in [0.1, 0.15) is 4.90 Å². The first-order valence-corrected chi connectivity index (χ1v) is 8.14. The minimum absolute atomic E-state index is 0.132. The van der Waals surface area contributed by atoms with E-state index in [4.69, 9.17) is 10.5 Å². The number of pyridine rings is 1. The molecule has 6 nitrogen and oxygen atoms in total. The Balaban J connectivity index is 2.85. The molecule has 0 saturated heterocycles. The van der Waals surface area contributed by atoms with Crippen LogP contribution in [-0.4, -0.2) is 32.7 Å². The van der Waals surface area contributed by atoms with Crippen molar-refractivity contribution in [3.63, 3.8) is 0 Å². The van der Waals surface area contributed by atoms with E-state index < -0.39 is 10.0 Å². The van der Waals surface area contributed by atoms with Crippen LogP contribution in [0.25, 0.3) is 0 Å². The molecule has 0 fully saturated rings. The van der Waals surface area contributed by atoms with Gasteiger partial charge in [0, 0.05) is 25.4 Å². The number of sulfonamides is 1. The van der Waals surface area contributed by atoms with Gasteiger partial charge in [0.05, 0.1) is 12.3 Å². The molecule has 1 rings (SSSR count). The van der Waals surface area contributed by atoms with Crippen molar-refractivity contribution in [2.24, 2.45) is 11.7 Å². The van der Waals surface area contributed by atoms with Gasteiger partial charge < -0.3 is 10.5 Å². The summed E-state index contributed by atoms with van der Waals surface area (Å²) in [5.41, 5.74) is 6.09. The zero-order chi connectivity index (χ0) is 15.2. The van der Waals surface area contributed by atoms with Gasteiger partial charge in [-0.3, -0.25) is 4.98 Å². The van der Waals surface area contributed by atoms with Crippen LogP contribution in [0.2, 0.25) is 0 Å². The second-order valence-corrected chi connectivity index (χ2v) is 6.53. The van der Waals surface area contributed by atoms with E-state index in [2.05, 4.69) is 9.71 Å². The minimum Gasteiger partial charge on any atom is -0.380 e. The highest BCUT2D eigenvalue weighted by molar-refractivity contribution is 7.89. The van der Waals surface area contributed by atoms with Gasteiger partial charge >= 0.3 is 0 Å². The minimum atomic E-state index is -3.59. The molecule has 20 heavy (non-hydrogen) atoms. The predicted molar refractivity (Wildman–Crippen MR) is 77.6 cm³/mol. The van der Waals surface area contributed by atoms with Crippen molar-refractivity contribution in [1.82, 2.24) is 9.71 Å². The molecule has 0 aromatic carbocycles. The first-order chi connectivity index (χ1) is 9.40. The third-order valence-electron chi connectivity index (χ3n) is 2.93. The van der Waals surface area contributed by atoms with Crippen LogP contribution in [0, 0.1) is 5.92 Å². The number of nitrogens with two attached hydrogens (primary N) is 1.